The lowest BCUT2D eigenvalue weighted by Gasteiger charge is -2.22. The third-order valence-electron chi connectivity index (χ3n) is 3.85. The molecule has 1 aliphatic rings. The number of alkyl halides is 3. The van der Waals surface area contributed by atoms with E-state index in [1.165, 1.54) is 24.3 Å². The van der Waals surface area contributed by atoms with Crippen molar-refractivity contribution in [3.05, 3.63) is 41.8 Å². The van der Waals surface area contributed by atoms with Crippen LogP contribution in [0.5, 0.6) is 0 Å². The van der Waals surface area contributed by atoms with Crippen molar-refractivity contribution in [2.45, 2.75) is 12.6 Å². The number of anilines is 3. The van der Waals surface area contributed by atoms with Gasteiger partial charge in [-0.15, -0.1) is 0 Å². The van der Waals surface area contributed by atoms with Gasteiger partial charge in [0, 0.05) is 37.9 Å². The van der Waals surface area contributed by atoms with Gasteiger partial charge in [0.2, 0.25) is 5.95 Å². The second kappa shape index (κ2) is 7.63. The van der Waals surface area contributed by atoms with Crippen molar-refractivity contribution in [3.63, 3.8) is 0 Å². The first-order valence-electron chi connectivity index (χ1n) is 7.96. The monoisotopic (exact) mass is 389 g/mol. The predicted octanol–water partition coefficient (Wildman–Crippen LogP) is 4.04. The molecule has 0 saturated carbocycles. The van der Waals surface area contributed by atoms with Gasteiger partial charge in [-0.1, -0.05) is 0 Å². The molecule has 2 aromatic rings. The van der Waals surface area contributed by atoms with Gasteiger partial charge in [0.05, 0.1) is 0 Å². The Morgan fingerprint density at radius 3 is 2.42 bits per heavy atom. The minimum atomic E-state index is -4.61. The van der Waals surface area contributed by atoms with Crippen LogP contribution in [0.25, 0.3) is 0 Å². The lowest BCUT2D eigenvalue weighted by atomic mass is 10.3. The molecule has 1 N–H and O–H groups in total. The van der Waals surface area contributed by atoms with Crippen LogP contribution in [0.2, 0.25) is 0 Å². The molecule has 0 bridgehead atoms. The van der Waals surface area contributed by atoms with E-state index in [9.17, 15) is 17.6 Å². The van der Waals surface area contributed by atoms with Gasteiger partial charge >= 0.3 is 6.18 Å². The molecule has 0 aliphatic carbocycles. The zero-order valence-electron chi connectivity index (χ0n) is 13.6. The summed E-state index contributed by atoms with van der Waals surface area (Å²) in [4.78, 5) is 9.56. The Labute approximate surface area is 152 Å². The number of benzene rings is 1. The highest BCUT2D eigenvalue weighted by Gasteiger charge is 2.34. The molecule has 1 fully saturated rings. The fourth-order valence-electron chi connectivity index (χ4n) is 2.55. The van der Waals surface area contributed by atoms with Gasteiger partial charge in [0.25, 0.3) is 0 Å². The summed E-state index contributed by atoms with van der Waals surface area (Å²) in [6.45, 7) is 2.04. The van der Waals surface area contributed by atoms with E-state index in [-0.39, 0.29) is 11.8 Å². The molecule has 1 saturated heterocycles. The minimum absolute atomic E-state index is 0.0130. The Morgan fingerprint density at radius 1 is 1.00 bits per heavy atom. The van der Waals surface area contributed by atoms with Gasteiger partial charge in [-0.3, -0.25) is 0 Å². The van der Waals surface area contributed by atoms with Crippen molar-refractivity contribution in [1.82, 2.24) is 14.4 Å². The molecule has 140 valence electrons. The van der Waals surface area contributed by atoms with Crippen LogP contribution in [0.15, 0.2) is 30.3 Å². The summed E-state index contributed by atoms with van der Waals surface area (Å²) in [6.07, 6.45) is -3.93. The molecule has 0 amide bonds. The Balaban J connectivity index is 1.92. The smallest absolute Gasteiger partial charge is 0.340 e. The molecule has 5 nitrogen and oxygen atoms in total. The second-order valence-corrected chi connectivity index (χ2v) is 6.30. The first kappa shape index (κ1) is 18.7. The van der Waals surface area contributed by atoms with Crippen LogP contribution in [-0.2, 0) is 6.18 Å². The van der Waals surface area contributed by atoms with Crippen LogP contribution in [0.4, 0.5) is 35.0 Å². The maximum atomic E-state index is 13.2. The standard InChI is InChI=1S/C16H16ClF4N5/c17-26-7-1-6-25(8-9-26)15-23-13(16(19,20)21)10-14(24-15)22-12-4-2-11(18)3-5-12/h2-5,10H,1,6-9H2,(H,22,23,24). The minimum Gasteiger partial charge on any atom is -0.340 e. The van der Waals surface area contributed by atoms with Crippen molar-refractivity contribution in [2.24, 2.45) is 0 Å². The summed E-state index contributed by atoms with van der Waals surface area (Å²) < 4.78 is 54.3. The maximum absolute atomic E-state index is 13.2. The summed E-state index contributed by atoms with van der Waals surface area (Å²) >= 11 is 5.97. The number of hydrogen-bond donors (Lipinski definition) is 1. The van der Waals surface area contributed by atoms with Crippen molar-refractivity contribution in [3.8, 4) is 0 Å². The molecule has 0 unspecified atom stereocenters. The lowest BCUT2D eigenvalue weighted by molar-refractivity contribution is -0.141. The van der Waals surface area contributed by atoms with Gasteiger partial charge in [-0.05, 0) is 42.5 Å². The van der Waals surface area contributed by atoms with Crippen LogP contribution >= 0.6 is 11.8 Å². The van der Waals surface area contributed by atoms with E-state index in [1.807, 2.05) is 0 Å². The van der Waals surface area contributed by atoms with Crippen LogP contribution < -0.4 is 10.2 Å². The number of halogens is 5. The number of nitrogens with one attached hydrogen (secondary N) is 1. The molecule has 1 aromatic carbocycles. The Hall–Kier alpha value is -2.13. The average molecular weight is 390 g/mol. The maximum Gasteiger partial charge on any atom is 0.433 e. The summed E-state index contributed by atoms with van der Waals surface area (Å²) in [5.74, 6) is -0.470. The van der Waals surface area contributed by atoms with Crippen molar-refractivity contribution < 1.29 is 17.6 Å². The van der Waals surface area contributed by atoms with Crippen molar-refractivity contribution in [2.75, 3.05) is 36.4 Å². The fourth-order valence-corrected chi connectivity index (χ4v) is 2.75. The number of hydrogen-bond acceptors (Lipinski definition) is 5. The third-order valence-corrected chi connectivity index (χ3v) is 4.18. The topological polar surface area (TPSA) is 44.3 Å². The first-order valence-corrected chi connectivity index (χ1v) is 8.29. The zero-order valence-corrected chi connectivity index (χ0v) is 14.4. The molecule has 0 radical (unpaired) electrons. The first-order chi connectivity index (χ1) is 12.3. The Kier molecular flexibility index (Phi) is 5.47. The van der Waals surface area contributed by atoms with Crippen molar-refractivity contribution >= 4 is 29.2 Å². The summed E-state index contributed by atoms with van der Waals surface area (Å²) in [5.41, 5.74) is -0.619. The van der Waals surface area contributed by atoms with E-state index in [2.05, 4.69) is 15.3 Å². The van der Waals surface area contributed by atoms with Gasteiger partial charge < -0.3 is 10.2 Å². The SMILES string of the molecule is Fc1ccc(Nc2cc(C(F)(F)F)nc(N3CCCN(Cl)CC3)n2)cc1. The molecule has 3 rings (SSSR count). The van der Waals surface area contributed by atoms with E-state index in [1.54, 1.807) is 9.32 Å². The molecule has 26 heavy (non-hydrogen) atoms. The third kappa shape index (κ3) is 4.73. The van der Waals surface area contributed by atoms with E-state index >= 15 is 0 Å². The summed E-state index contributed by atoms with van der Waals surface area (Å²) in [6, 6.07) is 6.08. The number of rotatable bonds is 3. The molecule has 0 spiro atoms. The van der Waals surface area contributed by atoms with Crippen LogP contribution in [0, 0.1) is 5.82 Å². The number of nitrogens with zero attached hydrogens (tertiary/aromatic N) is 4. The largest absolute Gasteiger partial charge is 0.433 e. The highest BCUT2D eigenvalue weighted by molar-refractivity contribution is 6.13. The van der Waals surface area contributed by atoms with Crippen LogP contribution in [-0.4, -0.2) is 40.6 Å². The molecular formula is C16H16ClF4N5. The van der Waals surface area contributed by atoms with Gasteiger partial charge in [0.15, 0.2) is 5.69 Å². The summed E-state index contributed by atoms with van der Waals surface area (Å²) in [7, 11) is 0. The molecule has 1 aliphatic heterocycles. The van der Waals surface area contributed by atoms with Crippen LogP contribution in [0.1, 0.15) is 12.1 Å². The highest BCUT2D eigenvalue weighted by atomic mass is 35.5. The molecule has 0 atom stereocenters. The molecule has 1 aromatic heterocycles. The molecule has 2 heterocycles. The summed E-state index contributed by atoms with van der Waals surface area (Å²) in [5, 5.41) is 2.77. The van der Waals surface area contributed by atoms with Gasteiger partial charge in [-0.25, -0.2) is 13.8 Å². The number of aromatic nitrogens is 2. The fraction of sp³-hybridized carbons (Fsp3) is 0.375. The van der Waals surface area contributed by atoms with Crippen molar-refractivity contribution in [1.29, 1.82) is 0 Å². The Bertz CT molecular complexity index is 753. The van der Waals surface area contributed by atoms with Gasteiger partial charge in [-0.2, -0.15) is 18.2 Å². The lowest BCUT2D eigenvalue weighted by Crippen LogP contribution is -2.30. The van der Waals surface area contributed by atoms with Crippen LogP contribution in [0.3, 0.4) is 0 Å². The van der Waals surface area contributed by atoms with E-state index in [0.29, 0.717) is 38.3 Å². The van der Waals surface area contributed by atoms with E-state index in [0.717, 1.165) is 6.07 Å². The van der Waals surface area contributed by atoms with Gasteiger partial charge in [0.1, 0.15) is 11.6 Å². The van der Waals surface area contributed by atoms with E-state index < -0.39 is 17.7 Å². The Morgan fingerprint density at radius 2 is 1.73 bits per heavy atom. The highest BCUT2D eigenvalue weighted by Crippen LogP contribution is 2.31. The molecule has 10 heteroatoms. The average Bonchev–Trinajstić information content (AvgIpc) is 2.80. The van der Waals surface area contributed by atoms with E-state index in [4.69, 9.17) is 11.8 Å². The molecular weight excluding hydrogens is 374 g/mol. The predicted molar refractivity (Wildman–Crippen MR) is 91.0 cm³/mol. The quantitative estimate of drug-likeness (QED) is 0.634. The second-order valence-electron chi connectivity index (χ2n) is 5.82. The zero-order chi connectivity index (χ0) is 18.7. The normalized spacial score (nSPS) is 16.4.